The summed E-state index contributed by atoms with van der Waals surface area (Å²) in [6.07, 6.45) is 1.84. The van der Waals surface area contributed by atoms with Gasteiger partial charge in [-0.1, -0.05) is 25.1 Å². The molecule has 4 aromatic carbocycles. The molecule has 44 heavy (non-hydrogen) atoms. The number of hydrogen-bond donors (Lipinski definition) is 1. The van der Waals surface area contributed by atoms with Gasteiger partial charge in [-0.25, -0.2) is 9.18 Å². The van der Waals surface area contributed by atoms with Crippen LogP contribution in [0.25, 0.3) is 11.1 Å². The van der Waals surface area contributed by atoms with Gasteiger partial charge in [0.15, 0.2) is 0 Å². The van der Waals surface area contributed by atoms with Crippen molar-refractivity contribution in [3.05, 3.63) is 101 Å². The van der Waals surface area contributed by atoms with Crippen molar-refractivity contribution in [1.82, 2.24) is 0 Å². The highest BCUT2D eigenvalue weighted by molar-refractivity contribution is 5.89. The summed E-state index contributed by atoms with van der Waals surface area (Å²) in [4.78, 5) is 23.5. The zero-order valence-electron chi connectivity index (χ0n) is 24.9. The van der Waals surface area contributed by atoms with E-state index in [1.807, 2.05) is 19.1 Å². The van der Waals surface area contributed by atoms with Gasteiger partial charge in [0, 0.05) is 30.5 Å². The summed E-state index contributed by atoms with van der Waals surface area (Å²) in [7, 11) is 2.67. The minimum absolute atomic E-state index is 0.0482. The number of rotatable bonds is 14. The number of carbonyl (C=O) groups is 2. The first-order valence-electron chi connectivity index (χ1n) is 14.2. The van der Waals surface area contributed by atoms with Crippen LogP contribution in [0, 0.1) is 5.82 Å². The first kappa shape index (κ1) is 31.9. The molecular formula is C35H35FO8. The molecule has 9 heteroatoms. The minimum atomic E-state index is -0.434. The van der Waals surface area contributed by atoms with Crippen molar-refractivity contribution in [1.29, 1.82) is 0 Å². The molecule has 1 N–H and O–H groups in total. The fourth-order valence-electron chi connectivity index (χ4n) is 4.50. The molecule has 0 spiro atoms. The molecule has 0 unspecified atom stereocenters. The lowest BCUT2D eigenvalue weighted by atomic mass is 10.00. The van der Waals surface area contributed by atoms with Gasteiger partial charge in [0.05, 0.1) is 33.0 Å². The largest absolute Gasteiger partial charge is 0.507 e. The molecule has 0 aliphatic carbocycles. The zero-order valence-corrected chi connectivity index (χ0v) is 24.9. The van der Waals surface area contributed by atoms with Crippen LogP contribution in [-0.4, -0.2) is 44.5 Å². The molecule has 0 atom stereocenters. The summed E-state index contributed by atoms with van der Waals surface area (Å²) in [5.41, 5.74) is 3.47. The number of aryl methyl sites for hydroxylation is 2. The average molecular weight is 603 g/mol. The summed E-state index contributed by atoms with van der Waals surface area (Å²) in [6, 6.07) is 21.4. The molecule has 230 valence electrons. The average Bonchev–Trinajstić information content (AvgIpc) is 3.04. The molecule has 0 radical (unpaired) electrons. The van der Waals surface area contributed by atoms with Crippen molar-refractivity contribution < 1.29 is 42.8 Å². The second-order valence-corrected chi connectivity index (χ2v) is 9.85. The van der Waals surface area contributed by atoms with Gasteiger partial charge < -0.3 is 28.8 Å². The molecule has 8 nitrogen and oxygen atoms in total. The number of carbonyl (C=O) groups excluding carboxylic acids is 2. The van der Waals surface area contributed by atoms with Crippen molar-refractivity contribution in [2.24, 2.45) is 0 Å². The quantitative estimate of drug-likeness (QED) is 0.119. The minimum Gasteiger partial charge on any atom is -0.507 e. The molecule has 0 heterocycles. The standard InChI is InChI=1S/C35H35FO8/c1-4-23-20-30(24-6-12-27(36)13-7-24)31(37)22-33(23)43-19-5-18-42-32-21-29(16-8-25(32)11-17-34(38)40-2)44-28-14-9-26(10-15-28)35(39)41-3/h6-10,12-16,20-22,37H,4-5,11,17-19H2,1-3H3. The van der Waals surface area contributed by atoms with E-state index < -0.39 is 5.97 Å². The molecule has 0 aliphatic heterocycles. The Balaban J connectivity index is 1.40. The van der Waals surface area contributed by atoms with E-state index in [9.17, 15) is 19.1 Å². The molecular weight excluding hydrogens is 567 g/mol. The third-order valence-corrected chi connectivity index (χ3v) is 6.89. The van der Waals surface area contributed by atoms with Crippen molar-refractivity contribution in [2.45, 2.75) is 32.6 Å². The monoisotopic (exact) mass is 602 g/mol. The van der Waals surface area contributed by atoms with Crippen molar-refractivity contribution in [3.63, 3.8) is 0 Å². The summed E-state index contributed by atoms with van der Waals surface area (Å²) in [6.45, 7) is 2.65. The first-order valence-corrected chi connectivity index (χ1v) is 14.2. The summed E-state index contributed by atoms with van der Waals surface area (Å²) >= 11 is 0. The second-order valence-electron chi connectivity index (χ2n) is 9.85. The van der Waals surface area contributed by atoms with E-state index in [1.165, 1.54) is 26.4 Å². The van der Waals surface area contributed by atoms with E-state index in [4.69, 9.17) is 23.7 Å². The van der Waals surface area contributed by atoms with Gasteiger partial charge in [0.25, 0.3) is 0 Å². The van der Waals surface area contributed by atoms with Crippen molar-refractivity contribution >= 4 is 11.9 Å². The van der Waals surface area contributed by atoms with Crippen LogP contribution < -0.4 is 14.2 Å². The molecule has 0 aromatic heterocycles. The molecule has 0 fully saturated rings. The number of benzene rings is 4. The van der Waals surface area contributed by atoms with Gasteiger partial charge in [0.1, 0.15) is 34.6 Å². The fourth-order valence-corrected chi connectivity index (χ4v) is 4.50. The third kappa shape index (κ3) is 8.50. The lowest BCUT2D eigenvalue weighted by Crippen LogP contribution is -2.08. The number of aromatic hydroxyl groups is 1. The van der Waals surface area contributed by atoms with Crippen LogP contribution in [-0.2, 0) is 27.1 Å². The van der Waals surface area contributed by atoms with Gasteiger partial charge in [-0.3, -0.25) is 4.79 Å². The fraction of sp³-hybridized carbons (Fsp3) is 0.257. The Hall–Kier alpha value is -5.05. The maximum Gasteiger partial charge on any atom is 0.337 e. The third-order valence-electron chi connectivity index (χ3n) is 6.89. The van der Waals surface area contributed by atoms with Crippen LogP contribution in [0.15, 0.2) is 78.9 Å². The molecule has 0 amide bonds. The predicted octanol–water partition coefficient (Wildman–Crippen LogP) is 7.29. The summed E-state index contributed by atoms with van der Waals surface area (Å²) in [5.74, 6) is 1.13. The summed E-state index contributed by atoms with van der Waals surface area (Å²) in [5, 5.41) is 10.6. The van der Waals surface area contributed by atoms with E-state index >= 15 is 0 Å². The highest BCUT2D eigenvalue weighted by atomic mass is 19.1. The molecule has 0 aliphatic rings. The highest BCUT2D eigenvalue weighted by Crippen LogP contribution is 2.36. The molecule has 0 saturated carbocycles. The topological polar surface area (TPSA) is 101 Å². The normalized spacial score (nSPS) is 10.6. The predicted molar refractivity (Wildman–Crippen MR) is 163 cm³/mol. The van der Waals surface area contributed by atoms with E-state index in [-0.39, 0.29) is 24.0 Å². The van der Waals surface area contributed by atoms with Crippen molar-refractivity contribution in [2.75, 3.05) is 27.4 Å². The zero-order chi connectivity index (χ0) is 31.5. The van der Waals surface area contributed by atoms with E-state index in [2.05, 4.69) is 0 Å². The first-order chi connectivity index (χ1) is 21.3. The van der Waals surface area contributed by atoms with Gasteiger partial charge in [0.2, 0.25) is 0 Å². The van der Waals surface area contributed by atoms with Gasteiger partial charge in [-0.05, 0) is 78.1 Å². The number of phenols is 1. The van der Waals surface area contributed by atoms with Gasteiger partial charge in [-0.2, -0.15) is 0 Å². The Morgan fingerprint density at radius 2 is 1.43 bits per heavy atom. The molecule has 4 aromatic rings. The number of hydrogen-bond acceptors (Lipinski definition) is 8. The van der Waals surface area contributed by atoms with Crippen molar-refractivity contribution in [3.8, 4) is 39.9 Å². The Morgan fingerprint density at radius 1 is 0.773 bits per heavy atom. The number of halogens is 1. The van der Waals surface area contributed by atoms with Gasteiger partial charge in [-0.15, -0.1) is 0 Å². The lowest BCUT2D eigenvalue weighted by Gasteiger charge is -2.16. The Labute approximate surface area is 255 Å². The van der Waals surface area contributed by atoms with Crippen LogP contribution in [0.1, 0.15) is 41.3 Å². The number of esters is 2. The van der Waals surface area contributed by atoms with Crippen LogP contribution in [0.4, 0.5) is 4.39 Å². The van der Waals surface area contributed by atoms with E-state index in [0.717, 1.165) is 11.1 Å². The SMILES string of the molecule is CCc1cc(-c2ccc(F)cc2)c(O)cc1OCCCOc1cc(Oc2ccc(C(=O)OC)cc2)ccc1CCC(=O)OC. The van der Waals surface area contributed by atoms with E-state index in [0.29, 0.717) is 72.2 Å². The number of ether oxygens (including phenoxy) is 5. The summed E-state index contributed by atoms with van der Waals surface area (Å²) < 4.78 is 40.9. The van der Waals surface area contributed by atoms with Gasteiger partial charge >= 0.3 is 11.9 Å². The molecule has 4 rings (SSSR count). The highest BCUT2D eigenvalue weighted by Gasteiger charge is 2.13. The number of phenolic OH excluding ortho intramolecular Hbond substituents is 1. The molecule has 0 bridgehead atoms. The molecule has 0 saturated heterocycles. The Bertz CT molecular complexity index is 1570. The Morgan fingerprint density at radius 3 is 2.07 bits per heavy atom. The Kier molecular flexibility index (Phi) is 11.2. The lowest BCUT2D eigenvalue weighted by molar-refractivity contribution is -0.140. The van der Waals surface area contributed by atoms with Crippen LogP contribution in [0.2, 0.25) is 0 Å². The van der Waals surface area contributed by atoms with Crippen LogP contribution in [0.5, 0.6) is 28.7 Å². The smallest absolute Gasteiger partial charge is 0.337 e. The maximum absolute atomic E-state index is 13.4. The second kappa shape index (κ2) is 15.4. The van der Waals surface area contributed by atoms with Crippen LogP contribution in [0.3, 0.4) is 0 Å². The maximum atomic E-state index is 13.4. The van der Waals surface area contributed by atoms with E-state index in [1.54, 1.807) is 54.6 Å². The number of methoxy groups -OCH3 is 2. The van der Waals surface area contributed by atoms with Crippen LogP contribution >= 0.6 is 0 Å².